The van der Waals surface area contributed by atoms with Crippen molar-refractivity contribution in [2.24, 2.45) is 0 Å². The molecule has 3 rings (SSSR count). The third-order valence-electron chi connectivity index (χ3n) is 5.15. The molecule has 0 atom stereocenters. The van der Waals surface area contributed by atoms with E-state index in [4.69, 9.17) is 14.2 Å². The van der Waals surface area contributed by atoms with E-state index in [0.29, 0.717) is 6.07 Å². The second-order valence-corrected chi connectivity index (χ2v) is 7.41. The molecular formula is C24H21F5N4O5. The molecule has 0 aliphatic heterocycles. The van der Waals surface area contributed by atoms with Gasteiger partial charge < -0.3 is 30.2 Å². The van der Waals surface area contributed by atoms with Crippen LogP contribution in [0.4, 0.5) is 33.3 Å². The lowest BCUT2D eigenvalue weighted by molar-refractivity contribution is -0.138. The van der Waals surface area contributed by atoms with Crippen molar-refractivity contribution >= 4 is 23.2 Å². The summed E-state index contributed by atoms with van der Waals surface area (Å²) in [6.45, 7) is 0. The smallest absolute Gasteiger partial charge is 0.421 e. The number of pyridine rings is 1. The van der Waals surface area contributed by atoms with Crippen LogP contribution in [0.15, 0.2) is 36.5 Å². The van der Waals surface area contributed by atoms with Crippen molar-refractivity contribution < 1.29 is 45.8 Å². The number of carbonyl (C=O) groups excluding carboxylic acids is 2. The minimum absolute atomic E-state index is 0.0198. The molecule has 0 radical (unpaired) electrons. The number of amides is 2. The Hall–Kier alpha value is -4.62. The summed E-state index contributed by atoms with van der Waals surface area (Å²) in [5.41, 5.74) is -2.77. The van der Waals surface area contributed by atoms with Crippen LogP contribution >= 0.6 is 0 Å². The molecule has 0 saturated carbocycles. The summed E-state index contributed by atoms with van der Waals surface area (Å²) >= 11 is 0. The van der Waals surface area contributed by atoms with Crippen LogP contribution in [0.5, 0.6) is 23.0 Å². The van der Waals surface area contributed by atoms with Crippen LogP contribution in [-0.4, -0.2) is 45.1 Å². The highest BCUT2D eigenvalue weighted by Gasteiger charge is 2.41. The molecule has 9 nitrogen and oxygen atoms in total. The molecule has 0 bridgehead atoms. The minimum atomic E-state index is -4.99. The zero-order valence-corrected chi connectivity index (χ0v) is 20.3. The molecule has 0 spiro atoms. The fourth-order valence-electron chi connectivity index (χ4n) is 3.49. The lowest BCUT2D eigenvalue weighted by Gasteiger charge is -2.23. The molecule has 0 unspecified atom stereocenters. The van der Waals surface area contributed by atoms with E-state index in [9.17, 15) is 31.5 Å². The van der Waals surface area contributed by atoms with Crippen molar-refractivity contribution in [3.63, 3.8) is 0 Å². The highest BCUT2D eigenvalue weighted by molar-refractivity contribution is 6.11. The molecule has 0 fully saturated rings. The van der Waals surface area contributed by atoms with Crippen molar-refractivity contribution in [2.45, 2.75) is 6.18 Å². The second-order valence-electron chi connectivity index (χ2n) is 7.41. The number of nitrogens with one attached hydrogen (secondary N) is 3. The summed E-state index contributed by atoms with van der Waals surface area (Å²) in [5.74, 6) is -6.72. The number of halogens is 5. The fourth-order valence-corrected chi connectivity index (χ4v) is 3.49. The quantitative estimate of drug-likeness (QED) is 0.351. The first-order chi connectivity index (χ1) is 18.0. The Balaban J connectivity index is 2.23. The lowest BCUT2D eigenvalue weighted by atomic mass is 10.0. The van der Waals surface area contributed by atoms with Crippen molar-refractivity contribution in [3.8, 4) is 23.0 Å². The van der Waals surface area contributed by atoms with Crippen LogP contribution in [0, 0.1) is 11.6 Å². The van der Waals surface area contributed by atoms with Gasteiger partial charge in [-0.25, -0.2) is 4.39 Å². The largest absolute Gasteiger partial charge is 0.496 e. The summed E-state index contributed by atoms with van der Waals surface area (Å²) in [6.07, 6.45) is -3.78. The third-order valence-corrected chi connectivity index (χ3v) is 5.15. The number of methoxy groups -OCH3 is 2. The predicted octanol–water partition coefficient (Wildman–Crippen LogP) is 4.84. The maximum atomic E-state index is 14.3. The van der Waals surface area contributed by atoms with E-state index in [1.54, 1.807) is 0 Å². The van der Waals surface area contributed by atoms with Gasteiger partial charge in [0.05, 0.1) is 19.9 Å². The molecule has 202 valence electrons. The molecule has 0 saturated heterocycles. The Morgan fingerprint density at radius 3 is 2.21 bits per heavy atom. The number of carbonyl (C=O) groups is 2. The molecular weight excluding hydrogens is 519 g/mol. The van der Waals surface area contributed by atoms with Crippen LogP contribution in [0.1, 0.15) is 26.4 Å². The van der Waals surface area contributed by atoms with Crippen molar-refractivity contribution in [3.05, 3.63) is 65.0 Å². The molecule has 1 heterocycles. The van der Waals surface area contributed by atoms with E-state index in [1.165, 1.54) is 25.4 Å². The molecule has 2 aromatic carbocycles. The zero-order chi connectivity index (χ0) is 28.2. The Kier molecular flexibility index (Phi) is 8.23. The van der Waals surface area contributed by atoms with Gasteiger partial charge >= 0.3 is 6.18 Å². The summed E-state index contributed by atoms with van der Waals surface area (Å²) in [7, 11) is 4.50. The van der Waals surface area contributed by atoms with Crippen LogP contribution in [-0.2, 0) is 6.18 Å². The van der Waals surface area contributed by atoms with E-state index >= 15 is 0 Å². The van der Waals surface area contributed by atoms with Gasteiger partial charge in [0, 0.05) is 32.0 Å². The monoisotopic (exact) mass is 540 g/mol. The fraction of sp³-hybridized carbons (Fsp3) is 0.208. The molecule has 0 aliphatic rings. The van der Waals surface area contributed by atoms with Crippen LogP contribution < -0.4 is 30.2 Å². The van der Waals surface area contributed by atoms with Crippen molar-refractivity contribution in [2.75, 3.05) is 38.9 Å². The number of benzene rings is 2. The number of ether oxygens (including phenoxy) is 3. The number of aromatic nitrogens is 1. The average molecular weight is 540 g/mol. The number of alkyl halides is 3. The molecule has 3 aromatic rings. The number of hydrogen-bond acceptors (Lipinski definition) is 7. The maximum Gasteiger partial charge on any atom is 0.421 e. The standard InChI is InChI=1S/C24H21F5N4O5/c1-30-20-17(23(35)33-11-7-8-32-13(9-11)22(34)31-2)15(10-16(36-3)18(20)24(27,28)29)38-14-6-5-12(25)19(26)21(14)37-4/h5-10,30H,1-4H3,(H,31,34)(H,32,33,35). The highest BCUT2D eigenvalue weighted by atomic mass is 19.4. The predicted molar refractivity (Wildman–Crippen MR) is 126 cm³/mol. The van der Waals surface area contributed by atoms with Gasteiger partial charge in [0.1, 0.15) is 28.3 Å². The number of anilines is 2. The van der Waals surface area contributed by atoms with E-state index in [1.807, 2.05) is 0 Å². The number of rotatable bonds is 8. The SMILES string of the molecule is CNC(=O)c1cc(NC(=O)c2c(Oc3ccc(F)c(F)c3OC)cc(OC)c(C(F)(F)F)c2NC)ccn1. The van der Waals surface area contributed by atoms with Gasteiger partial charge in [-0.05, 0) is 24.3 Å². The van der Waals surface area contributed by atoms with Crippen LogP contribution in [0.2, 0.25) is 0 Å². The number of hydrogen-bond donors (Lipinski definition) is 3. The molecule has 3 N–H and O–H groups in total. The highest BCUT2D eigenvalue weighted by Crippen LogP contribution is 2.48. The van der Waals surface area contributed by atoms with Crippen molar-refractivity contribution in [1.29, 1.82) is 0 Å². The maximum absolute atomic E-state index is 14.3. The van der Waals surface area contributed by atoms with Crippen LogP contribution in [0.3, 0.4) is 0 Å². The van der Waals surface area contributed by atoms with E-state index in [-0.39, 0.29) is 11.4 Å². The van der Waals surface area contributed by atoms with E-state index in [0.717, 1.165) is 33.4 Å². The first kappa shape index (κ1) is 28.0. The van der Waals surface area contributed by atoms with E-state index in [2.05, 4.69) is 20.9 Å². The van der Waals surface area contributed by atoms with Crippen LogP contribution in [0.25, 0.3) is 0 Å². The van der Waals surface area contributed by atoms with E-state index < -0.39 is 69.4 Å². The Bertz CT molecular complexity index is 1380. The first-order valence-corrected chi connectivity index (χ1v) is 10.7. The second kappa shape index (κ2) is 11.2. The van der Waals surface area contributed by atoms with Gasteiger partial charge in [-0.3, -0.25) is 14.6 Å². The Morgan fingerprint density at radius 1 is 0.921 bits per heavy atom. The average Bonchev–Trinajstić information content (AvgIpc) is 2.88. The first-order valence-electron chi connectivity index (χ1n) is 10.7. The Labute approximate surface area is 212 Å². The molecule has 0 aliphatic carbocycles. The summed E-state index contributed by atoms with van der Waals surface area (Å²) in [6, 6.07) is 4.96. The molecule has 1 aromatic heterocycles. The van der Waals surface area contributed by atoms with Gasteiger partial charge in [0.15, 0.2) is 11.6 Å². The number of nitrogens with zero attached hydrogens (tertiary/aromatic N) is 1. The van der Waals surface area contributed by atoms with Gasteiger partial charge in [-0.1, -0.05) is 0 Å². The topological polar surface area (TPSA) is 111 Å². The normalized spacial score (nSPS) is 11.0. The van der Waals surface area contributed by atoms with Gasteiger partial charge in [0.25, 0.3) is 11.8 Å². The molecule has 14 heteroatoms. The minimum Gasteiger partial charge on any atom is -0.496 e. The Morgan fingerprint density at radius 2 is 1.63 bits per heavy atom. The molecule has 38 heavy (non-hydrogen) atoms. The van der Waals surface area contributed by atoms with Gasteiger partial charge in [0.2, 0.25) is 11.6 Å². The summed E-state index contributed by atoms with van der Waals surface area (Å²) in [4.78, 5) is 29.1. The van der Waals surface area contributed by atoms with Crippen molar-refractivity contribution in [1.82, 2.24) is 10.3 Å². The summed E-state index contributed by atoms with van der Waals surface area (Å²) < 4.78 is 85.5. The lowest BCUT2D eigenvalue weighted by Crippen LogP contribution is -2.21. The summed E-state index contributed by atoms with van der Waals surface area (Å²) in [5, 5.41) is 7.09. The van der Waals surface area contributed by atoms with Gasteiger partial charge in [-0.15, -0.1) is 0 Å². The van der Waals surface area contributed by atoms with Gasteiger partial charge in [-0.2, -0.15) is 17.6 Å². The molecule has 2 amide bonds. The zero-order valence-electron chi connectivity index (χ0n) is 20.3. The third kappa shape index (κ3) is 5.53.